The highest BCUT2D eigenvalue weighted by Gasteiger charge is 2.42. The number of benzene rings is 1. The van der Waals surface area contributed by atoms with Crippen LogP contribution in [-0.4, -0.2) is 17.3 Å². The molecule has 0 heterocycles. The van der Waals surface area contributed by atoms with E-state index in [2.05, 4.69) is 5.32 Å². The Morgan fingerprint density at radius 2 is 1.87 bits per heavy atom. The fourth-order valence-corrected chi connectivity index (χ4v) is 2.05. The standard InChI is InChI=1S/C10H12Cl2N2O/c11-7-3-6(13)4-8(12)9(7)14-10(5-15)1-2-10/h3-4,14-15H,1-2,5,13H2. The highest BCUT2D eigenvalue weighted by molar-refractivity contribution is 6.39. The first-order valence-corrected chi connectivity index (χ1v) is 5.45. The SMILES string of the molecule is Nc1cc(Cl)c(NC2(CO)CC2)c(Cl)c1. The smallest absolute Gasteiger partial charge is 0.0725 e. The number of nitrogen functional groups attached to an aromatic ring is 1. The van der Waals surface area contributed by atoms with Crippen LogP contribution in [0.4, 0.5) is 11.4 Å². The van der Waals surface area contributed by atoms with E-state index in [-0.39, 0.29) is 12.1 Å². The third-order valence-electron chi connectivity index (χ3n) is 2.61. The zero-order chi connectivity index (χ0) is 11.1. The first-order valence-electron chi connectivity index (χ1n) is 4.70. The second kappa shape index (κ2) is 3.74. The van der Waals surface area contributed by atoms with E-state index in [1.165, 1.54) is 0 Å². The van der Waals surface area contributed by atoms with Crippen LogP contribution in [0.1, 0.15) is 12.8 Å². The summed E-state index contributed by atoms with van der Waals surface area (Å²) in [6.07, 6.45) is 1.86. The fraction of sp³-hybridized carbons (Fsp3) is 0.400. The number of hydrogen-bond acceptors (Lipinski definition) is 3. The first-order chi connectivity index (χ1) is 7.06. The minimum atomic E-state index is -0.233. The van der Waals surface area contributed by atoms with Crippen LogP contribution < -0.4 is 11.1 Å². The quantitative estimate of drug-likeness (QED) is 0.719. The minimum absolute atomic E-state index is 0.0873. The maximum Gasteiger partial charge on any atom is 0.0725 e. The Morgan fingerprint density at radius 3 is 2.27 bits per heavy atom. The summed E-state index contributed by atoms with van der Waals surface area (Å²) in [4.78, 5) is 0. The molecule has 1 aromatic rings. The van der Waals surface area contributed by atoms with Crippen molar-refractivity contribution in [1.29, 1.82) is 0 Å². The molecule has 0 saturated heterocycles. The highest BCUT2D eigenvalue weighted by Crippen LogP contribution is 2.42. The molecule has 82 valence electrons. The summed E-state index contributed by atoms with van der Waals surface area (Å²) in [5.41, 5.74) is 6.55. The number of rotatable bonds is 3. The Balaban J connectivity index is 2.28. The summed E-state index contributed by atoms with van der Waals surface area (Å²) >= 11 is 12.0. The van der Waals surface area contributed by atoms with Gasteiger partial charge in [-0.1, -0.05) is 23.2 Å². The van der Waals surface area contributed by atoms with Gasteiger partial charge in [0.15, 0.2) is 0 Å². The van der Waals surface area contributed by atoms with Gasteiger partial charge in [0, 0.05) is 5.69 Å². The molecule has 1 aliphatic rings. The van der Waals surface area contributed by atoms with Gasteiger partial charge in [0.2, 0.25) is 0 Å². The van der Waals surface area contributed by atoms with Crippen molar-refractivity contribution in [3.8, 4) is 0 Å². The zero-order valence-electron chi connectivity index (χ0n) is 8.06. The van der Waals surface area contributed by atoms with Crippen LogP contribution in [0.25, 0.3) is 0 Å². The molecular weight excluding hydrogens is 235 g/mol. The van der Waals surface area contributed by atoms with E-state index in [4.69, 9.17) is 28.9 Å². The van der Waals surface area contributed by atoms with Crippen molar-refractivity contribution >= 4 is 34.6 Å². The maximum absolute atomic E-state index is 9.18. The summed E-state index contributed by atoms with van der Waals surface area (Å²) in [7, 11) is 0. The molecule has 1 aliphatic carbocycles. The second-order valence-corrected chi connectivity index (χ2v) is 4.74. The Bertz CT molecular complexity index is 368. The second-order valence-electron chi connectivity index (χ2n) is 3.92. The molecule has 1 fully saturated rings. The van der Waals surface area contributed by atoms with Crippen LogP contribution in [0, 0.1) is 0 Å². The van der Waals surface area contributed by atoms with Gasteiger partial charge in [-0.3, -0.25) is 0 Å². The van der Waals surface area contributed by atoms with Crippen molar-refractivity contribution < 1.29 is 5.11 Å². The van der Waals surface area contributed by atoms with Gasteiger partial charge in [-0.05, 0) is 25.0 Å². The number of anilines is 2. The average Bonchev–Trinajstić information content (AvgIpc) is 2.92. The van der Waals surface area contributed by atoms with Gasteiger partial charge in [0.25, 0.3) is 0 Å². The Labute approximate surface area is 98.2 Å². The number of aliphatic hydroxyl groups is 1. The molecule has 0 aromatic heterocycles. The molecule has 15 heavy (non-hydrogen) atoms. The van der Waals surface area contributed by atoms with E-state index in [0.29, 0.717) is 21.4 Å². The van der Waals surface area contributed by atoms with E-state index in [1.54, 1.807) is 12.1 Å². The molecule has 1 aromatic carbocycles. The lowest BCUT2D eigenvalue weighted by Gasteiger charge is -2.18. The van der Waals surface area contributed by atoms with Crippen molar-refractivity contribution in [3.63, 3.8) is 0 Å². The van der Waals surface area contributed by atoms with Crippen molar-refractivity contribution in [2.45, 2.75) is 18.4 Å². The summed E-state index contributed by atoms with van der Waals surface area (Å²) in [6.45, 7) is 0.0873. The molecule has 0 unspecified atom stereocenters. The molecule has 0 bridgehead atoms. The summed E-state index contributed by atoms with van der Waals surface area (Å²) in [6, 6.07) is 3.28. The number of hydrogen-bond donors (Lipinski definition) is 3. The molecule has 3 nitrogen and oxygen atoms in total. The van der Waals surface area contributed by atoms with Gasteiger partial charge in [-0.2, -0.15) is 0 Å². The topological polar surface area (TPSA) is 58.3 Å². The lowest BCUT2D eigenvalue weighted by Crippen LogP contribution is -2.25. The maximum atomic E-state index is 9.18. The number of halogens is 2. The highest BCUT2D eigenvalue weighted by atomic mass is 35.5. The van der Waals surface area contributed by atoms with Crippen molar-refractivity contribution in [3.05, 3.63) is 22.2 Å². The van der Waals surface area contributed by atoms with Crippen LogP contribution >= 0.6 is 23.2 Å². The monoisotopic (exact) mass is 246 g/mol. The lowest BCUT2D eigenvalue weighted by atomic mass is 10.2. The first kappa shape index (κ1) is 10.9. The molecule has 5 heteroatoms. The molecule has 0 atom stereocenters. The van der Waals surface area contributed by atoms with Crippen LogP contribution in [0.2, 0.25) is 10.0 Å². The van der Waals surface area contributed by atoms with Crippen LogP contribution in [0.15, 0.2) is 12.1 Å². The van der Waals surface area contributed by atoms with Gasteiger partial charge in [-0.25, -0.2) is 0 Å². The van der Waals surface area contributed by atoms with Gasteiger partial charge in [0.1, 0.15) is 0 Å². The fourth-order valence-electron chi connectivity index (χ4n) is 1.45. The van der Waals surface area contributed by atoms with Gasteiger partial charge in [0.05, 0.1) is 27.9 Å². The molecule has 0 amide bonds. The van der Waals surface area contributed by atoms with E-state index < -0.39 is 0 Å². The Kier molecular flexibility index (Phi) is 2.71. The Morgan fingerprint density at radius 1 is 1.33 bits per heavy atom. The lowest BCUT2D eigenvalue weighted by molar-refractivity contribution is 0.266. The normalized spacial score (nSPS) is 17.5. The molecule has 2 rings (SSSR count). The van der Waals surface area contributed by atoms with E-state index in [9.17, 15) is 5.11 Å². The average molecular weight is 247 g/mol. The summed E-state index contributed by atoms with van der Waals surface area (Å²) < 4.78 is 0. The molecule has 0 radical (unpaired) electrons. The third kappa shape index (κ3) is 2.14. The molecule has 0 spiro atoms. The molecular formula is C10H12Cl2N2O. The number of nitrogens with one attached hydrogen (secondary N) is 1. The van der Waals surface area contributed by atoms with E-state index >= 15 is 0 Å². The zero-order valence-corrected chi connectivity index (χ0v) is 9.57. The number of aliphatic hydroxyl groups excluding tert-OH is 1. The van der Waals surface area contributed by atoms with Crippen molar-refractivity contribution in [2.75, 3.05) is 17.7 Å². The van der Waals surface area contributed by atoms with E-state index in [0.717, 1.165) is 12.8 Å². The van der Waals surface area contributed by atoms with Crippen molar-refractivity contribution in [1.82, 2.24) is 0 Å². The number of nitrogens with two attached hydrogens (primary N) is 1. The largest absolute Gasteiger partial charge is 0.399 e. The third-order valence-corrected chi connectivity index (χ3v) is 3.21. The Hall–Kier alpha value is -0.640. The predicted octanol–water partition coefficient (Wildman–Crippen LogP) is 2.51. The van der Waals surface area contributed by atoms with Crippen LogP contribution in [0.3, 0.4) is 0 Å². The molecule has 4 N–H and O–H groups in total. The van der Waals surface area contributed by atoms with Crippen LogP contribution in [-0.2, 0) is 0 Å². The molecule has 1 saturated carbocycles. The van der Waals surface area contributed by atoms with Gasteiger partial charge in [-0.15, -0.1) is 0 Å². The predicted molar refractivity (Wildman–Crippen MR) is 63.5 cm³/mol. The molecule has 0 aliphatic heterocycles. The summed E-state index contributed by atoms with van der Waals surface area (Å²) in [5.74, 6) is 0. The van der Waals surface area contributed by atoms with Crippen LogP contribution in [0.5, 0.6) is 0 Å². The van der Waals surface area contributed by atoms with Gasteiger partial charge >= 0.3 is 0 Å². The van der Waals surface area contributed by atoms with Crippen molar-refractivity contribution in [2.24, 2.45) is 0 Å². The minimum Gasteiger partial charge on any atom is -0.399 e. The summed E-state index contributed by atoms with van der Waals surface area (Å²) in [5, 5.41) is 13.3. The van der Waals surface area contributed by atoms with Gasteiger partial charge < -0.3 is 16.2 Å². The van der Waals surface area contributed by atoms with E-state index in [1.807, 2.05) is 0 Å².